The highest BCUT2D eigenvalue weighted by atomic mass is 16.5. The maximum Gasteiger partial charge on any atom is 0.115 e. The lowest BCUT2D eigenvalue weighted by Crippen LogP contribution is -2.34. The lowest BCUT2D eigenvalue weighted by atomic mass is 9.93. The van der Waals surface area contributed by atoms with Crippen LogP contribution in [0, 0.1) is 5.92 Å². The van der Waals surface area contributed by atoms with Gasteiger partial charge in [-0.15, -0.1) is 6.58 Å². The Kier molecular flexibility index (Phi) is 6.39. The number of aliphatic hydroxyl groups excluding tert-OH is 2. The first kappa shape index (κ1) is 15.5. The molecule has 0 amide bonds. The van der Waals surface area contributed by atoms with Gasteiger partial charge in [-0.1, -0.05) is 32.1 Å². The first-order chi connectivity index (χ1) is 9.08. The van der Waals surface area contributed by atoms with Crippen LogP contribution in [0.1, 0.15) is 13.8 Å². The third kappa shape index (κ3) is 4.93. The number of hydrogen-bond donors (Lipinski definition) is 3. The van der Waals surface area contributed by atoms with Crippen molar-refractivity contribution in [3.63, 3.8) is 0 Å². The molecule has 0 aromatic heterocycles. The average molecular weight is 265 g/mol. The van der Waals surface area contributed by atoms with E-state index in [1.54, 1.807) is 18.2 Å². The molecule has 0 aliphatic heterocycles. The molecule has 2 unspecified atom stereocenters. The minimum atomic E-state index is -0.568. The van der Waals surface area contributed by atoms with E-state index in [4.69, 9.17) is 9.84 Å². The molecule has 0 aromatic carbocycles. The molecule has 1 aliphatic rings. The molecule has 106 valence electrons. The molecule has 0 saturated heterocycles. The molecule has 4 heteroatoms. The number of rotatable bonds is 7. The normalized spacial score (nSPS) is 22.4. The van der Waals surface area contributed by atoms with E-state index in [9.17, 15) is 5.11 Å². The van der Waals surface area contributed by atoms with Crippen LogP contribution < -0.4 is 5.32 Å². The fourth-order valence-electron chi connectivity index (χ4n) is 1.76. The van der Waals surface area contributed by atoms with E-state index >= 15 is 0 Å². The first-order valence-corrected chi connectivity index (χ1v) is 6.47. The zero-order chi connectivity index (χ0) is 14.3. The second-order valence-corrected chi connectivity index (χ2v) is 4.80. The predicted octanol–water partition coefficient (Wildman–Crippen LogP) is 2.06. The molecule has 0 bridgehead atoms. The van der Waals surface area contributed by atoms with Gasteiger partial charge in [-0.2, -0.15) is 0 Å². The number of allylic oxidation sites excluding steroid dienone is 4. The molecular weight excluding hydrogens is 242 g/mol. The van der Waals surface area contributed by atoms with Crippen LogP contribution in [0.5, 0.6) is 0 Å². The zero-order valence-electron chi connectivity index (χ0n) is 11.5. The van der Waals surface area contributed by atoms with E-state index in [1.165, 1.54) is 0 Å². The standard InChI is InChI=1S/C15H23NO3/c1-4-14-12(9-17)6-5-7-15(14)19-10-13(18)8-16-11(2)3/h4-7,9,11,13-14,16-18H,1,8,10H2,2-3H3/b12-9-. The molecule has 0 fully saturated rings. The van der Waals surface area contributed by atoms with Crippen molar-refractivity contribution in [3.05, 3.63) is 48.5 Å². The van der Waals surface area contributed by atoms with E-state index in [2.05, 4.69) is 11.9 Å². The van der Waals surface area contributed by atoms with Gasteiger partial charge in [-0.3, -0.25) is 0 Å². The van der Waals surface area contributed by atoms with E-state index < -0.39 is 6.10 Å². The summed E-state index contributed by atoms with van der Waals surface area (Å²) in [7, 11) is 0. The van der Waals surface area contributed by atoms with Crippen LogP contribution in [-0.4, -0.2) is 35.5 Å². The Morgan fingerprint density at radius 2 is 2.26 bits per heavy atom. The zero-order valence-corrected chi connectivity index (χ0v) is 11.5. The Bertz CT molecular complexity index is 383. The van der Waals surface area contributed by atoms with Crippen molar-refractivity contribution in [2.45, 2.75) is 26.0 Å². The van der Waals surface area contributed by atoms with Crippen LogP contribution in [0.25, 0.3) is 0 Å². The van der Waals surface area contributed by atoms with Crippen LogP contribution in [0.15, 0.2) is 48.5 Å². The van der Waals surface area contributed by atoms with Gasteiger partial charge in [-0.05, 0) is 6.08 Å². The third-order valence-corrected chi connectivity index (χ3v) is 2.80. The monoisotopic (exact) mass is 265 g/mol. The smallest absolute Gasteiger partial charge is 0.115 e. The second-order valence-electron chi connectivity index (χ2n) is 4.80. The number of nitrogens with one attached hydrogen (secondary N) is 1. The van der Waals surface area contributed by atoms with Gasteiger partial charge < -0.3 is 20.3 Å². The fourth-order valence-corrected chi connectivity index (χ4v) is 1.76. The van der Waals surface area contributed by atoms with Gasteiger partial charge in [0, 0.05) is 18.2 Å². The Morgan fingerprint density at radius 1 is 1.53 bits per heavy atom. The molecule has 19 heavy (non-hydrogen) atoms. The largest absolute Gasteiger partial charge is 0.515 e. The first-order valence-electron chi connectivity index (χ1n) is 6.47. The summed E-state index contributed by atoms with van der Waals surface area (Å²) in [6, 6.07) is 0.330. The molecule has 0 radical (unpaired) electrons. The van der Waals surface area contributed by atoms with Crippen molar-refractivity contribution in [1.82, 2.24) is 5.32 Å². The van der Waals surface area contributed by atoms with Crippen molar-refractivity contribution >= 4 is 0 Å². The average Bonchev–Trinajstić information content (AvgIpc) is 2.42. The predicted molar refractivity (Wildman–Crippen MR) is 76.7 cm³/mol. The molecule has 0 aromatic rings. The SMILES string of the molecule is C=CC1C(OCC(O)CNC(C)C)=CC=C/C1=C/O. The molecule has 2 atom stereocenters. The van der Waals surface area contributed by atoms with Crippen molar-refractivity contribution in [2.75, 3.05) is 13.2 Å². The lowest BCUT2D eigenvalue weighted by Gasteiger charge is -2.22. The summed E-state index contributed by atoms with van der Waals surface area (Å²) in [5.74, 6) is 0.515. The van der Waals surface area contributed by atoms with Gasteiger partial charge in [0.1, 0.15) is 18.5 Å². The lowest BCUT2D eigenvalue weighted by molar-refractivity contribution is 0.0641. The molecule has 0 saturated carbocycles. The van der Waals surface area contributed by atoms with E-state index in [1.807, 2.05) is 19.9 Å². The highest BCUT2D eigenvalue weighted by Crippen LogP contribution is 2.27. The maximum atomic E-state index is 9.79. The summed E-state index contributed by atoms with van der Waals surface area (Å²) in [5, 5.41) is 22.1. The number of aliphatic hydroxyl groups is 2. The highest BCUT2D eigenvalue weighted by Gasteiger charge is 2.19. The van der Waals surface area contributed by atoms with Crippen molar-refractivity contribution in [1.29, 1.82) is 0 Å². The summed E-state index contributed by atoms with van der Waals surface area (Å²) < 4.78 is 5.61. The van der Waals surface area contributed by atoms with Gasteiger partial charge in [0.05, 0.1) is 12.2 Å². The van der Waals surface area contributed by atoms with Crippen LogP contribution in [-0.2, 0) is 4.74 Å². The minimum Gasteiger partial charge on any atom is -0.515 e. The maximum absolute atomic E-state index is 9.79. The Hall–Kier alpha value is -1.52. The molecule has 0 spiro atoms. The summed E-state index contributed by atoms with van der Waals surface area (Å²) in [6.45, 7) is 8.48. The summed E-state index contributed by atoms with van der Waals surface area (Å²) in [4.78, 5) is 0. The quantitative estimate of drug-likeness (QED) is 0.487. The Balaban J connectivity index is 2.50. The minimum absolute atomic E-state index is 0.166. The van der Waals surface area contributed by atoms with Gasteiger partial charge in [0.25, 0.3) is 0 Å². The van der Waals surface area contributed by atoms with E-state index in [0.717, 1.165) is 11.8 Å². The van der Waals surface area contributed by atoms with Crippen LogP contribution >= 0.6 is 0 Å². The molecule has 1 rings (SSSR count). The molecule has 3 N–H and O–H groups in total. The van der Waals surface area contributed by atoms with Gasteiger partial charge in [-0.25, -0.2) is 0 Å². The van der Waals surface area contributed by atoms with Gasteiger partial charge in [0.2, 0.25) is 0 Å². The van der Waals surface area contributed by atoms with Crippen LogP contribution in [0.3, 0.4) is 0 Å². The topological polar surface area (TPSA) is 61.7 Å². The number of hydrogen-bond acceptors (Lipinski definition) is 4. The number of ether oxygens (including phenoxy) is 1. The van der Waals surface area contributed by atoms with Crippen LogP contribution in [0.2, 0.25) is 0 Å². The van der Waals surface area contributed by atoms with Crippen LogP contribution in [0.4, 0.5) is 0 Å². The van der Waals surface area contributed by atoms with Crippen molar-refractivity contribution in [2.24, 2.45) is 5.92 Å². The summed E-state index contributed by atoms with van der Waals surface area (Å²) in [5.41, 5.74) is 0.724. The fraction of sp³-hybridized carbons (Fsp3) is 0.467. The van der Waals surface area contributed by atoms with E-state index in [-0.39, 0.29) is 12.5 Å². The van der Waals surface area contributed by atoms with Crippen molar-refractivity contribution < 1.29 is 14.9 Å². The van der Waals surface area contributed by atoms with Gasteiger partial charge >= 0.3 is 0 Å². The van der Waals surface area contributed by atoms with Gasteiger partial charge in [0.15, 0.2) is 0 Å². The molecular formula is C15H23NO3. The third-order valence-electron chi connectivity index (χ3n) is 2.80. The Labute approximate surface area is 114 Å². The summed E-state index contributed by atoms with van der Waals surface area (Å²) in [6.07, 6.45) is 7.61. The van der Waals surface area contributed by atoms with Crippen molar-refractivity contribution in [3.8, 4) is 0 Å². The molecule has 4 nitrogen and oxygen atoms in total. The highest BCUT2D eigenvalue weighted by molar-refractivity contribution is 5.37. The molecule has 0 heterocycles. The Morgan fingerprint density at radius 3 is 2.84 bits per heavy atom. The second kappa shape index (κ2) is 7.81. The molecule has 1 aliphatic carbocycles. The van der Waals surface area contributed by atoms with E-state index in [0.29, 0.717) is 18.3 Å². The summed E-state index contributed by atoms with van der Waals surface area (Å²) >= 11 is 0.